The van der Waals surface area contributed by atoms with E-state index in [0.717, 1.165) is 38.6 Å². The first kappa shape index (κ1) is 50.1. The van der Waals surface area contributed by atoms with Crippen molar-refractivity contribution in [3.05, 3.63) is 167 Å². The van der Waals surface area contributed by atoms with Crippen LogP contribution in [0.25, 0.3) is 89.2 Å². The van der Waals surface area contributed by atoms with Gasteiger partial charge in [-0.15, -0.1) is 0 Å². The minimum atomic E-state index is -0.114. The Labute approximate surface area is 429 Å². The Balaban J connectivity index is 0.00000659. The fraction of sp³-hybridized carbons (Fsp3) is 0.281. The molecule has 0 aliphatic heterocycles. The molecule has 0 aliphatic rings. The summed E-state index contributed by atoms with van der Waals surface area (Å²) in [6, 6.07) is 47.6. The van der Waals surface area contributed by atoms with Crippen LogP contribution in [-0.2, 0) is 37.3 Å². The molecule has 9 aromatic rings. The van der Waals surface area contributed by atoms with Gasteiger partial charge in [0, 0.05) is 48.5 Å². The van der Waals surface area contributed by atoms with E-state index in [4.69, 9.17) is 14.4 Å². The van der Waals surface area contributed by atoms with E-state index in [1.807, 2.05) is 84.9 Å². The zero-order valence-corrected chi connectivity index (χ0v) is 45.2. The molecule has 0 radical (unpaired) electrons. The third-order valence-electron chi connectivity index (χ3n) is 13.7. The van der Waals surface area contributed by atoms with E-state index in [0.29, 0.717) is 45.0 Å². The molecule has 6 aromatic carbocycles. The van der Waals surface area contributed by atoms with Gasteiger partial charge in [0.25, 0.3) is 0 Å². The van der Waals surface area contributed by atoms with Crippen molar-refractivity contribution < 1.29 is 35.7 Å². The number of benzene rings is 6. The Morgan fingerprint density at radius 2 is 0.971 bits per heavy atom. The molecular weight excluding hydrogens is 1040 g/mol. The average Bonchev–Trinajstić information content (AvgIpc) is 3.68. The van der Waals surface area contributed by atoms with Crippen LogP contribution in [0.15, 0.2) is 144 Å². The predicted octanol–water partition coefficient (Wildman–Crippen LogP) is 17.9. The Hall–Kier alpha value is -6.29. The third-order valence-corrected chi connectivity index (χ3v) is 13.7. The quantitative estimate of drug-likeness (QED) is 0.158. The van der Waals surface area contributed by atoms with Gasteiger partial charge in [0.15, 0.2) is 0 Å². The van der Waals surface area contributed by atoms with E-state index in [1.165, 1.54) is 33.4 Å². The van der Waals surface area contributed by atoms with Crippen LogP contribution in [0, 0.1) is 0 Å². The van der Waals surface area contributed by atoms with Crippen molar-refractivity contribution in [1.82, 2.24) is 9.97 Å². The number of pyridine rings is 2. The summed E-state index contributed by atoms with van der Waals surface area (Å²) < 4.78 is 6.57. The number of rotatable bonds is 8. The Bertz CT molecular complexity index is 3350. The van der Waals surface area contributed by atoms with Crippen LogP contribution in [0.5, 0.6) is 11.5 Å². The summed E-state index contributed by atoms with van der Waals surface area (Å²) in [5.74, 6) is 0.839. The van der Waals surface area contributed by atoms with Gasteiger partial charge in [-0.1, -0.05) is 181 Å². The van der Waals surface area contributed by atoms with Gasteiger partial charge in [-0.25, -0.2) is 9.97 Å². The number of aromatic hydroxyl groups is 2. The summed E-state index contributed by atoms with van der Waals surface area (Å²) in [6.07, 6.45) is 0. The van der Waals surface area contributed by atoms with Crippen molar-refractivity contribution in [2.24, 2.45) is 0 Å². The van der Waals surface area contributed by atoms with Gasteiger partial charge in [0.05, 0.1) is 22.8 Å². The van der Waals surface area contributed by atoms with E-state index >= 15 is 0 Å². The number of furan rings is 1. The SMILES string of the molecule is CC(C)c1cc(C(C)(C)C)cc(C(C)C)c1-c1ccc(O)c(-c2cccc(-c3cc(-c4cc(C(C)(C)C)cc(C(C)(C)C)c4)cc(-c4cc5oc6ccccc6c5c(-c5ccccc5)c4O)n3)n2)c1.[Pt]. The van der Waals surface area contributed by atoms with Crippen molar-refractivity contribution >= 4 is 21.9 Å². The second-order valence-electron chi connectivity index (χ2n) is 22.6. The summed E-state index contributed by atoms with van der Waals surface area (Å²) in [6.45, 7) is 29.4. The van der Waals surface area contributed by atoms with Gasteiger partial charge in [-0.2, -0.15) is 0 Å². The van der Waals surface area contributed by atoms with E-state index in [2.05, 4.69) is 139 Å². The van der Waals surface area contributed by atoms with E-state index in [9.17, 15) is 10.2 Å². The largest absolute Gasteiger partial charge is 0.507 e. The molecule has 360 valence electrons. The normalized spacial score (nSPS) is 12.3. The fourth-order valence-electron chi connectivity index (χ4n) is 9.57. The minimum absolute atomic E-state index is 0. The molecule has 6 heteroatoms. The number of hydrogen-bond donors (Lipinski definition) is 2. The molecule has 0 amide bonds. The smallest absolute Gasteiger partial charge is 0.137 e. The number of hydrogen-bond acceptors (Lipinski definition) is 5. The number of para-hydroxylation sites is 1. The fourth-order valence-corrected chi connectivity index (χ4v) is 9.57. The Morgan fingerprint density at radius 3 is 1.59 bits per heavy atom. The predicted molar refractivity (Wildman–Crippen MR) is 290 cm³/mol. The monoisotopic (exact) mass is 1110 g/mol. The molecule has 0 fully saturated rings. The molecule has 9 rings (SSSR count). The molecule has 3 heterocycles. The molecule has 0 saturated heterocycles. The Morgan fingerprint density at radius 1 is 0.429 bits per heavy atom. The molecule has 0 atom stereocenters. The minimum Gasteiger partial charge on any atom is -0.507 e. The van der Waals surface area contributed by atoms with Crippen molar-refractivity contribution in [3.63, 3.8) is 0 Å². The van der Waals surface area contributed by atoms with Crippen molar-refractivity contribution in [1.29, 1.82) is 0 Å². The summed E-state index contributed by atoms with van der Waals surface area (Å²) in [5.41, 5.74) is 17.0. The number of nitrogens with zero attached hydrogens (tertiary/aromatic N) is 2. The number of phenolic OH excluding ortho intramolecular Hbond substituents is 2. The average molecular weight is 1110 g/mol. The maximum atomic E-state index is 12.7. The number of phenols is 2. The van der Waals surface area contributed by atoms with Crippen LogP contribution >= 0.6 is 0 Å². The maximum absolute atomic E-state index is 12.7. The second-order valence-corrected chi connectivity index (χ2v) is 22.6. The molecule has 0 saturated carbocycles. The molecule has 3 aromatic heterocycles. The third kappa shape index (κ3) is 9.63. The second kappa shape index (κ2) is 18.8. The van der Waals surface area contributed by atoms with Crippen LogP contribution in [0.4, 0.5) is 0 Å². The van der Waals surface area contributed by atoms with Gasteiger partial charge in [-0.3, -0.25) is 0 Å². The molecular formula is C64H66N2O3Pt. The topological polar surface area (TPSA) is 79.4 Å². The van der Waals surface area contributed by atoms with Gasteiger partial charge in [-0.05, 0) is 132 Å². The van der Waals surface area contributed by atoms with Crippen LogP contribution in [0.3, 0.4) is 0 Å². The zero-order chi connectivity index (χ0) is 49.3. The molecule has 70 heavy (non-hydrogen) atoms. The maximum Gasteiger partial charge on any atom is 0.137 e. The summed E-state index contributed by atoms with van der Waals surface area (Å²) >= 11 is 0. The molecule has 0 unspecified atom stereocenters. The summed E-state index contributed by atoms with van der Waals surface area (Å²) in [4.78, 5) is 10.7. The number of aromatic nitrogens is 2. The first-order valence-electron chi connectivity index (χ1n) is 24.5. The van der Waals surface area contributed by atoms with E-state index < -0.39 is 0 Å². The molecule has 5 nitrogen and oxygen atoms in total. The van der Waals surface area contributed by atoms with Crippen molar-refractivity contribution in [3.8, 4) is 78.8 Å². The van der Waals surface area contributed by atoms with Gasteiger partial charge < -0.3 is 14.6 Å². The molecule has 0 aliphatic carbocycles. The first-order chi connectivity index (χ1) is 32.6. The zero-order valence-electron chi connectivity index (χ0n) is 42.9. The Kier molecular flexibility index (Phi) is 13.5. The van der Waals surface area contributed by atoms with Crippen LogP contribution in [0.2, 0.25) is 0 Å². The molecule has 2 N–H and O–H groups in total. The summed E-state index contributed by atoms with van der Waals surface area (Å²) in [7, 11) is 0. The van der Waals surface area contributed by atoms with E-state index in [1.54, 1.807) is 6.07 Å². The summed E-state index contributed by atoms with van der Waals surface area (Å²) in [5, 5.41) is 26.1. The first-order valence-corrected chi connectivity index (χ1v) is 24.5. The standard InChI is InChI=1S/C64H66N2O3.Pt/c1-37(2)47-34-45(64(11,12)13)35-48(38(3)4)58(47)40-26-27-55(67)49(30-40)51-23-19-24-52(65-51)54-32-42(41-28-43(62(5,6)7)33-44(29-41)63(8,9)10)31-53(66-54)50-36-57-60(46-22-17-18-25-56(46)69-57)59(61(50)68)39-20-15-14-16-21-39;/h14-38,67-68H,1-13H3;. The molecule has 0 bridgehead atoms. The van der Waals surface area contributed by atoms with Gasteiger partial charge in [0.1, 0.15) is 22.7 Å². The van der Waals surface area contributed by atoms with Gasteiger partial charge >= 0.3 is 0 Å². The van der Waals surface area contributed by atoms with Crippen molar-refractivity contribution in [2.75, 3.05) is 0 Å². The molecule has 0 spiro atoms. The van der Waals surface area contributed by atoms with Crippen LogP contribution < -0.4 is 0 Å². The van der Waals surface area contributed by atoms with E-state index in [-0.39, 0.29) is 60.6 Å². The van der Waals surface area contributed by atoms with Crippen molar-refractivity contribution in [2.45, 2.75) is 118 Å². The van der Waals surface area contributed by atoms with Gasteiger partial charge in [0.2, 0.25) is 0 Å². The van der Waals surface area contributed by atoms with Crippen LogP contribution in [0.1, 0.15) is 130 Å². The number of fused-ring (bicyclic) bond motifs is 3. The van der Waals surface area contributed by atoms with Crippen LogP contribution in [-0.4, -0.2) is 20.2 Å².